The first-order valence-corrected chi connectivity index (χ1v) is 10.7. The van der Waals surface area contributed by atoms with E-state index in [0.29, 0.717) is 36.9 Å². The van der Waals surface area contributed by atoms with E-state index < -0.39 is 5.60 Å². The summed E-state index contributed by atoms with van der Waals surface area (Å²) in [4.78, 5) is 19.4. The van der Waals surface area contributed by atoms with Gasteiger partial charge in [-0.2, -0.15) is 0 Å². The normalized spacial score (nSPS) is 16.8. The molecule has 32 heavy (non-hydrogen) atoms. The van der Waals surface area contributed by atoms with E-state index in [9.17, 15) is 13.6 Å². The molecule has 1 aliphatic heterocycles. The van der Waals surface area contributed by atoms with Crippen LogP contribution in [0, 0.1) is 11.6 Å². The van der Waals surface area contributed by atoms with Crippen molar-refractivity contribution in [1.82, 2.24) is 9.88 Å². The summed E-state index contributed by atoms with van der Waals surface area (Å²) >= 11 is 0. The van der Waals surface area contributed by atoms with Gasteiger partial charge in [0.15, 0.2) is 11.5 Å². The molecule has 0 N–H and O–H groups in total. The molecule has 0 radical (unpaired) electrons. The molecule has 1 unspecified atom stereocenters. The fourth-order valence-electron chi connectivity index (χ4n) is 4.03. The Bertz CT molecular complexity index is 1080. The molecule has 168 valence electrons. The van der Waals surface area contributed by atoms with Crippen molar-refractivity contribution in [2.75, 3.05) is 13.1 Å². The Hall–Kier alpha value is -3.22. The highest BCUT2D eigenvalue weighted by atomic mass is 19.1. The summed E-state index contributed by atoms with van der Waals surface area (Å²) in [5, 5.41) is 0. The first-order chi connectivity index (χ1) is 15.3. The molecule has 2 heterocycles. The maximum atomic E-state index is 13.4. The Morgan fingerprint density at radius 1 is 1.19 bits per heavy atom. The van der Waals surface area contributed by atoms with Crippen LogP contribution in [0.3, 0.4) is 0 Å². The van der Waals surface area contributed by atoms with E-state index in [1.807, 2.05) is 6.07 Å². The predicted octanol–water partition coefficient (Wildman–Crippen LogP) is 5.11. The molecule has 4 rings (SSSR count). The van der Waals surface area contributed by atoms with Gasteiger partial charge in [0.1, 0.15) is 23.1 Å². The molecule has 0 bridgehead atoms. The molecule has 1 amide bonds. The Morgan fingerprint density at radius 3 is 2.72 bits per heavy atom. The van der Waals surface area contributed by atoms with Crippen molar-refractivity contribution in [3.8, 4) is 5.75 Å². The van der Waals surface area contributed by atoms with Crippen LogP contribution in [0.2, 0.25) is 0 Å². The molecular weight excluding hydrogens is 414 g/mol. The summed E-state index contributed by atoms with van der Waals surface area (Å²) < 4.78 is 38.4. The maximum absolute atomic E-state index is 13.4. The second-order valence-corrected chi connectivity index (χ2v) is 8.63. The zero-order valence-corrected chi connectivity index (χ0v) is 18.2. The third-order valence-corrected chi connectivity index (χ3v) is 5.60. The number of nitrogens with zero attached hydrogens (tertiary/aromatic N) is 2. The van der Waals surface area contributed by atoms with Gasteiger partial charge in [-0.3, -0.25) is 4.79 Å². The minimum absolute atomic E-state index is 0.0180. The van der Waals surface area contributed by atoms with Crippen LogP contribution < -0.4 is 4.74 Å². The lowest BCUT2D eigenvalue weighted by Gasteiger charge is -2.36. The SMILES string of the molecule is CC(C)(Oc1ccc(F)cc1)C(=O)N1CCCC(c2ncc(Cc3cccc(F)c3)o2)C1. The molecule has 0 saturated carbocycles. The minimum atomic E-state index is -1.10. The van der Waals surface area contributed by atoms with Crippen molar-refractivity contribution in [2.24, 2.45) is 0 Å². The van der Waals surface area contributed by atoms with Crippen molar-refractivity contribution in [2.45, 2.75) is 44.6 Å². The number of hydrogen-bond donors (Lipinski definition) is 0. The topological polar surface area (TPSA) is 55.6 Å². The van der Waals surface area contributed by atoms with Crippen LogP contribution in [0.25, 0.3) is 0 Å². The second kappa shape index (κ2) is 9.10. The summed E-state index contributed by atoms with van der Waals surface area (Å²) in [6.07, 6.45) is 3.81. The van der Waals surface area contributed by atoms with Gasteiger partial charge in [0.25, 0.3) is 5.91 Å². The molecule has 3 aromatic rings. The van der Waals surface area contributed by atoms with Crippen LogP contribution >= 0.6 is 0 Å². The van der Waals surface area contributed by atoms with Crippen LogP contribution in [0.4, 0.5) is 8.78 Å². The van der Waals surface area contributed by atoms with Crippen molar-refractivity contribution < 1.29 is 22.7 Å². The number of carbonyl (C=O) groups excluding carboxylic acids is 1. The number of hydrogen-bond acceptors (Lipinski definition) is 4. The number of piperidine rings is 1. The van der Waals surface area contributed by atoms with Crippen LogP contribution in [0.5, 0.6) is 5.75 Å². The quantitative estimate of drug-likeness (QED) is 0.535. The van der Waals surface area contributed by atoms with E-state index >= 15 is 0 Å². The van der Waals surface area contributed by atoms with Crippen LogP contribution in [0.1, 0.15) is 49.8 Å². The van der Waals surface area contributed by atoms with E-state index in [4.69, 9.17) is 9.15 Å². The van der Waals surface area contributed by atoms with Crippen molar-refractivity contribution in [3.05, 3.63) is 83.6 Å². The van der Waals surface area contributed by atoms with E-state index in [2.05, 4.69) is 4.98 Å². The van der Waals surface area contributed by atoms with E-state index in [1.165, 1.54) is 36.4 Å². The number of carbonyl (C=O) groups is 1. The highest BCUT2D eigenvalue weighted by molar-refractivity contribution is 5.85. The molecule has 7 heteroatoms. The Morgan fingerprint density at radius 2 is 1.97 bits per heavy atom. The van der Waals surface area contributed by atoms with Gasteiger partial charge >= 0.3 is 0 Å². The van der Waals surface area contributed by atoms with Gasteiger partial charge in [0, 0.05) is 19.5 Å². The molecule has 0 spiro atoms. The molecule has 1 atom stereocenters. The first-order valence-electron chi connectivity index (χ1n) is 10.7. The van der Waals surface area contributed by atoms with Crippen molar-refractivity contribution >= 4 is 5.91 Å². The Labute approximate surface area is 186 Å². The monoisotopic (exact) mass is 440 g/mol. The van der Waals surface area contributed by atoms with Gasteiger partial charge < -0.3 is 14.1 Å². The molecule has 5 nitrogen and oxygen atoms in total. The number of halogens is 2. The van der Waals surface area contributed by atoms with Gasteiger partial charge in [-0.15, -0.1) is 0 Å². The number of benzene rings is 2. The number of likely N-dealkylation sites (tertiary alicyclic amines) is 1. The van der Waals surface area contributed by atoms with Gasteiger partial charge in [-0.05, 0) is 68.7 Å². The van der Waals surface area contributed by atoms with Crippen LogP contribution in [-0.2, 0) is 11.2 Å². The van der Waals surface area contributed by atoms with Crippen LogP contribution in [-0.4, -0.2) is 34.5 Å². The lowest BCUT2D eigenvalue weighted by Crippen LogP contribution is -2.51. The maximum Gasteiger partial charge on any atom is 0.266 e. The van der Waals surface area contributed by atoms with Crippen molar-refractivity contribution in [3.63, 3.8) is 0 Å². The highest BCUT2D eigenvalue weighted by Crippen LogP contribution is 2.29. The average Bonchev–Trinajstić information content (AvgIpc) is 3.23. The molecule has 0 aliphatic carbocycles. The largest absolute Gasteiger partial charge is 0.478 e. The van der Waals surface area contributed by atoms with Gasteiger partial charge in [-0.25, -0.2) is 13.8 Å². The van der Waals surface area contributed by atoms with E-state index in [0.717, 1.165) is 18.4 Å². The summed E-state index contributed by atoms with van der Waals surface area (Å²) in [7, 11) is 0. The standard InChI is InChI=1S/C25H26F2N2O3/c1-25(2,32-21-10-8-19(26)9-11-21)24(30)29-12-4-6-18(16-29)23-28-15-22(31-23)14-17-5-3-7-20(27)13-17/h3,5,7-11,13,15,18H,4,6,12,14,16H2,1-2H3. The average molecular weight is 440 g/mol. The lowest BCUT2D eigenvalue weighted by molar-refractivity contribution is -0.146. The number of aromatic nitrogens is 1. The molecule has 1 saturated heterocycles. The first kappa shape index (κ1) is 22.0. The fraction of sp³-hybridized carbons (Fsp3) is 0.360. The molecule has 2 aromatic carbocycles. The fourth-order valence-corrected chi connectivity index (χ4v) is 4.03. The Balaban J connectivity index is 1.41. The molecule has 1 aromatic heterocycles. The zero-order chi connectivity index (χ0) is 22.7. The van der Waals surface area contributed by atoms with Gasteiger partial charge in [0.05, 0.1) is 12.1 Å². The second-order valence-electron chi connectivity index (χ2n) is 8.63. The van der Waals surface area contributed by atoms with Gasteiger partial charge in [-0.1, -0.05) is 12.1 Å². The summed E-state index contributed by atoms with van der Waals surface area (Å²) in [5.74, 6) is 0.888. The zero-order valence-electron chi connectivity index (χ0n) is 18.2. The van der Waals surface area contributed by atoms with E-state index in [-0.39, 0.29) is 23.5 Å². The third-order valence-electron chi connectivity index (χ3n) is 5.60. The summed E-state index contributed by atoms with van der Waals surface area (Å²) in [5.41, 5.74) is -0.286. The smallest absolute Gasteiger partial charge is 0.266 e. The third kappa shape index (κ3) is 5.15. The number of oxazole rings is 1. The molecule has 1 fully saturated rings. The van der Waals surface area contributed by atoms with Crippen molar-refractivity contribution in [1.29, 1.82) is 0 Å². The lowest BCUT2D eigenvalue weighted by atomic mass is 9.96. The molecular formula is C25H26F2N2O3. The molecule has 1 aliphatic rings. The summed E-state index contributed by atoms with van der Waals surface area (Å²) in [6, 6.07) is 12.0. The van der Waals surface area contributed by atoms with Crippen LogP contribution in [0.15, 0.2) is 59.1 Å². The number of amides is 1. The summed E-state index contributed by atoms with van der Waals surface area (Å²) in [6.45, 7) is 4.53. The van der Waals surface area contributed by atoms with Gasteiger partial charge in [0.2, 0.25) is 0 Å². The van der Waals surface area contributed by atoms with E-state index in [1.54, 1.807) is 31.0 Å². The number of rotatable bonds is 6. The number of ether oxygens (including phenoxy) is 1. The highest BCUT2D eigenvalue weighted by Gasteiger charge is 2.37. The predicted molar refractivity (Wildman–Crippen MR) is 115 cm³/mol. The Kier molecular flexibility index (Phi) is 6.26. The minimum Gasteiger partial charge on any atom is -0.478 e.